The standard InChI is InChI=1S/C29H28N2O5S2/c1-4-35-25-16-20(10-15-24(25)36-18-27(32)30-22-11-13-23(34-3)14-12-22)17-26-28(33)31(29(37)38-26)19(2)21-8-6-5-7-9-21/h5-17,19H,4,18H2,1-3H3,(H,30,32)/b26-17-/t19-/m1/s1. The Morgan fingerprint density at radius 1 is 1.05 bits per heavy atom. The number of hydrogen-bond acceptors (Lipinski definition) is 7. The van der Waals surface area contributed by atoms with Crippen LogP contribution in [-0.2, 0) is 9.59 Å². The fourth-order valence-corrected chi connectivity index (χ4v) is 5.28. The molecule has 0 spiro atoms. The lowest BCUT2D eigenvalue weighted by Gasteiger charge is -2.23. The van der Waals surface area contributed by atoms with Crippen LogP contribution in [0.2, 0.25) is 0 Å². The van der Waals surface area contributed by atoms with E-state index >= 15 is 0 Å². The molecule has 196 valence electrons. The first-order valence-electron chi connectivity index (χ1n) is 12.0. The highest BCUT2D eigenvalue weighted by Gasteiger charge is 2.35. The molecule has 7 nitrogen and oxygen atoms in total. The van der Waals surface area contributed by atoms with Gasteiger partial charge in [-0.1, -0.05) is 60.4 Å². The quantitative estimate of drug-likeness (QED) is 0.243. The van der Waals surface area contributed by atoms with Crippen molar-refractivity contribution in [3.05, 3.63) is 88.8 Å². The molecule has 3 aromatic rings. The van der Waals surface area contributed by atoms with E-state index in [1.54, 1.807) is 54.5 Å². The first kappa shape index (κ1) is 27.2. The molecule has 1 heterocycles. The molecule has 1 N–H and O–H groups in total. The van der Waals surface area contributed by atoms with Crippen LogP contribution in [0.15, 0.2) is 77.7 Å². The Morgan fingerprint density at radius 3 is 2.47 bits per heavy atom. The van der Waals surface area contributed by atoms with Crippen molar-refractivity contribution in [2.45, 2.75) is 19.9 Å². The number of anilines is 1. The molecule has 0 saturated carbocycles. The fraction of sp³-hybridized carbons (Fsp3) is 0.207. The minimum absolute atomic E-state index is 0.134. The third kappa shape index (κ3) is 6.54. The number of amides is 2. The summed E-state index contributed by atoms with van der Waals surface area (Å²) in [7, 11) is 1.58. The number of methoxy groups -OCH3 is 1. The predicted molar refractivity (Wildman–Crippen MR) is 155 cm³/mol. The molecule has 2 amide bonds. The second-order valence-electron chi connectivity index (χ2n) is 8.34. The van der Waals surface area contributed by atoms with E-state index in [2.05, 4.69) is 5.32 Å². The van der Waals surface area contributed by atoms with Crippen molar-refractivity contribution in [3.63, 3.8) is 0 Å². The maximum atomic E-state index is 13.2. The molecule has 1 saturated heterocycles. The average molecular weight is 549 g/mol. The van der Waals surface area contributed by atoms with Gasteiger partial charge in [0.25, 0.3) is 11.8 Å². The number of carbonyl (C=O) groups is 2. The molecule has 0 radical (unpaired) electrons. The molecule has 0 bridgehead atoms. The number of carbonyl (C=O) groups excluding carboxylic acids is 2. The van der Waals surface area contributed by atoms with E-state index in [-0.39, 0.29) is 24.5 Å². The van der Waals surface area contributed by atoms with Gasteiger partial charge in [0.05, 0.1) is 24.7 Å². The van der Waals surface area contributed by atoms with E-state index in [1.807, 2.05) is 50.2 Å². The molecule has 38 heavy (non-hydrogen) atoms. The van der Waals surface area contributed by atoms with Crippen LogP contribution in [0.1, 0.15) is 31.0 Å². The number of hydrogen-bond donors (Lipinski definition) is 1. The Hall–Kier alpha value is -3.82. The first-order chi connectivity index (χ1) is 18.4. The maximum absolute atomic E-state index is 13.2. The van der Waals surface area contributed by atoms with Crippen LogP contribution in [0.5, 0.6) is 17.2 Å². The third-order valence-corrected chi connectivity index (χ3v) is 7.12. The van der Waals surface area contributed by atoms with Gasteiger partial charge in [-0.3, -0.25) is 14.5 Å². The van der Waals surface area contributed by atoms with Gasteiger partial charge in [-0.05, 0) is 67.4 Å². The third-order valence-electron chi connectivity index (χ3n) is 5.79. The van der Waals surface area contributed by atoms with E-state index in [0.717, 1.165) is 11.1 Å². The van der Waals surface area contributed by atoms with Gasteiger partial charge in [-0.25, -0.2) is 0 Å². The largest absolute Gasteiger partial charge is 0.497 e. The number of rotatable bonds is 10. The molecule has 0 aliphatic carbocycles. The second-order valence-corrected chi connectivity index (χ2v) is 10.0. The normalized spacial score (nSPS) is 14.9. The molecular formula is C29H28N2O5S2. The van der Waals surface area contributed by atoms with Gasteiger partial charge in [-0.15, -0.1) is 0 Å². The van der Waals surface area contributed by atoms with Crippen LogP contribution in [0.3, 0.4) is 0 Å². The molecule has 4 rings (SSSR count). The molecule has 1 atom stereocenters. The summed E-state index contributed by atoms with van der Waals surface area (Å²) in [5.74, 6) is 1.17. The van der Waals surface area contributed by atoms with E-state index < -0.39 is 0 Å². The summed E-state index contributed by atoms with van der Waals surface area (Å²) < 4.78 is 17.1. The first-order valence-corrected chi connectivity index (χ1v) is 13.3. The number of thiocarbonyl (C=S) groups is 1. The van der Waals surface area contributed by atoms with Crippen molar-refractivity contribution >= 4 is 51.9 Å². The van der Waals surface area contributed by atoms with Crippen LogP contribution < -0.4 is 19.5 Å². The molecule has 9 heteroatoms. The predicted octanol–water partition coefficient (Wildman–Crippen LogP) is 6.07. The Bertz CT molecular complexity index is 1340. The van der Waals surface area contributed by atoms with Crippen LogP contribution in [-0.4, -0.2) is 41.4 Å². The number of ether oxygens (including phenoxy) is 3. The number of benzene rings is 3. The van der Waals surface area contributed by atoms with Crippen LogP contribution in [0, 0.1) is 0 Å². The summed E-state index contributed by atoms with van der Waals surface area (Å²) in [6.45, 7) is 4.05. The minimum atomic E-state index is -0.307. The van der Waals surface area contributed by atoms with Crippen LogP contribution in [0.25, 0.3) is 6.08 Å². The van der Waals surface area contributed by atoms with Gasteiger partial charge < -0.3 is 19.5 Å². The van der Waals surface area contributed by atoms with Crippen LogP contribution in [0.4, 0.5) is 5.69 Å². The van der Waals surface area contributed by atoms with Crippen molar-refractivity contribution in [2.24, 2.45) is 0 Å². The molecule has 1 fully saturated rings. The Kier molecular flexibility index (Phi) is 9.04. The Balaban J connectivity index is 1.44. The summed E-state index contributed by atoms with van der Waals surface area (Å²) in [4.78, 5) is 27.8. The highest BCUT2D eigenvalue weighted by molar-refractivity contribution is 8.26. The highest BCUT2D eigenvalue weighted by atomic mass is 32.2. The number of nitrogens with zero attached hydrogens (tertiary/aromatic N) is 1. The molecule has 3 aromatic carbocycles. The fourth-order valence-electron chi connectivity index (χ4n) is 3.86. The number of thioether (sulfide) groups is 1. The maximum Gasteiger partial charge on any atom is 0.266 e. The lowest BCUT2D eigenvalue weighted by Crippen LogP contribution is -2.30. The van der Waals surface area contributed by atoms with Crippen LogP contribution >= 0.6 is 24.0 Å². The topological polar surface area (TPSA) is 77.1 Å². The van der Waals surface area contributed by atoms with Gasteiger partial charge >= 0.3 is 0 Å². The van der Waals surface area contributed by atoms with Crippen molar-refractivity contribution in [2.75, 3.05) is 25.6 Å². The highest BCUT2D eigenvalue weighted by Crippen LogP contribution is 2.39. The molecule has 1 aliphatic rings. The molecular weight excluding hydrogens is 520 g/mol. The van der Waals surface area contributed by atoms with Gasteiger partial charge in [0.15, 0.2) is 18.1 Å². The lowest BCUT2D eigenvalue weighted by molar-refractivity contribution is -0.123. The van der Waals surface area contributed by atoms with Crippen molar-refractivity contribution in [1.29, 1.82) is 0 Å². The van der Waals surface area contributed by atoms with E-state index in [0.29, 0.717) is 38.8 Å². The summed E-state index contributed by atoms with van der Waals surface area (Å²) in [5, 5.41) is 2.78. The zero-order chi connectivity index (χ0) is 27.1. The van der Waals surface area contributed by atoms with E-state index in [1.165, 1.54) is 11.8 Å². The summed E-state index contributed by atoms with van der Waals surface area (Å²) in [5.41, 5.74) is 2.41. The van der Waals surface area contributed by atoms with Gasteiger partial charge in [0.1, 0.15) is 10.1 Å². The van der Waals surface area contributed by atoms with E-state index in [4.69, 9.17) is 26.4 Å². The lowest BCUT2D eigenvalue weighted by atomic mass is 10.1. The molecule has 0 aromatic heterocycles. The zero-order valence-electron chi connectivity index (χ0n) is 21.3. The zero-order valence-corrected chi connectivity index (χ0v) is 22.9. The van der Waals surface area contributed by atoms with Crippen molar-refractivity contribution < 1.29 is 23.8 Å². The minimum Gasteiger partial charge on any atom is -0.497 e. The second kappa shape index (κ2) is 12.6. The Labute approximate surface area is 231 Å². The van der Waals surface area contributed by atoms with Crippen molar-refractivity contribution in [3.8, 4) is 17.2 Å². The summed E-state index contributed by atoms with van der Waals surface area (Å²) >= 11 is 6.81. The monoisotopic (exact) mass is 548 g/mol. The Morgan fingerprint density at radius 2 is 1.79 bits per heavy atom. The SMILES string of the molecule is CCOc1cc(/C=C2\SC(=S)N([C@H](C)c3ccccc3)C2=O)ccc1OCC(=O)Nc1ccc(OC)cc1. The smallest absolute Gasteiger partial charge is 0.266 e. The van der Waals surface area contributed by atoms with Gasteiger partial charge in [0, 0.05) is 5.69 Å². The van der Waals surface area contributed by atoms with Crippen molar-refractivity contribution in [1.82, 2.24) is 4.90 Å². The number of nitrogens with one attached hydrogen (secondary N) is 1. The van der Waals surface area contributed by atoms with Gasteiger partial charge in [-0.2, -0.15) is 0 Å². The summed E-state index contributed by atoms with van der Waals surface area (Å²) in [6.07, 6.45) is 1.79. The van der Waals surface area contributed by atoms with Gasteiger partial charge in [0.2, 0.25) is 0 Å². The summed E-state index contributed by atoms with van der Waals surface area (Å²) in [6, 6.07) is 22.0. The average Bonchev–Trinajstić information content (AvgIpc) is 3.21. The molecule has 1 aliphatic heterocycles. The van der Waals surface area contributed by atoms with E-state index in [9.17, 15) is 9.59 Å². The molecule has 0 unspecified atom stereocenters.